The molecule has 0 amide bonds. The second kappa shape index (κ2) is 4.75. The SMILES string of the molecule is Clc1ccc(NCCc2cnc[nH]2)nn1. The van der Waals surface area contributed by atoms with Gasteiger partial charge in [0.05, 0.1) is 6.33 Å². The van der Waals surface area contributed by atoms with Gasteiger partial charge in [-0.15, -0.1) is 10.2 Å². The van der Waals surface area contributed by atoms with Crippen molar-refractivity contribution in [2.24, 2.45) is 0 Å². The highest BCUT2D eigenvalue weighted by molar-refractivity contribution is 6.29. The molecule has 0 spiro atoms. The Balaban J connectivity index is 1.81. The van der Waals surface area contributed by atoms with E-state index in [-0.39, 0.29) is 0 Å². The van der Waals surface area contributed by atoms with Crippen molar-refractivity contribution in [3.63, 3.8) is 0 Å². The van der Waals surface area contributed by atoms with Crippen LogP contribution in [0.25, 0.3) is 0 Å². The monoisotopic (exact) mass is 223 g/mol. The number of halogens is 1. The first-order chi connectivity index (χ1) is 7.34. The fourth-order valence-corrected chi connectivity index (χ4v) is 1.26. The molecule has 0 aromatic carbocycles. The van der Waals surface area contributed by atoms with Crippen LogP contribution in [0.1, 0.15) is 5.69 Å². The molecule has 2 heterocycles. The average molecular weight is 224 g/mol. The zero-order chi connectivity index (χ0) is 10.5. The molecule has 6 heteroatoms. The van der Waals surface area contributed by atoms with Crippen LogP contribution >= 0.6 is 11.6 Å². The van der Waals surface area contributed by atoms with Crippen LogP contribution < -0.4 is 5.32 Å². The lowest BCUT2D eigenvalue weighted by atomic mass is 10.3. The van der Waals surface area contributed by atoms with Gasteiger partial charge in [-0.2, -0.15) is 0 Å². The number of aromatic amines is 1. The summed E-state index contributed by atoms with van der Waals surface area (Å²) in [5.74, 6) is 0.721. The lowest BCUT2D eigenvalue weighted by molar-refractivity contribution is 0.945. The number of aromatic nitrogens is 4. The zero-order valence-corrected chi connectivity index (χ0v) is 8.70. The summed E-state index contributed by atoms with van der Waals surface area (Å²) in [5.41, 5.74) is 1.09. The van der Waals surface area contributed by atoms with E-state index >= 15 is 0 Å². The third-order valence-corrected chi connectivity index (χ3v) is 2.09. The highest BCUT2D eigenvalue weighted by atomic mass is 35.5. The van der Waals surface area contributed by atoms with Gasteiger partial charge in [-0.1, -0.05) is 11.6 Å². The zero-order valence-electron chi connectivity index (χ0n) is 7.94. The lowest BCUT2D eigenvalue weighted by Gasteiger charge is -2.02. The molecule has 2 aromatic rings. The molecule has 0 unspecified atom stereocenters. The van der Waals surface area contributed by atoms with E-state index in [2.05, 4.69) is 25.5 Å². The van der Waals surface area contributed by atoms with E-state index in [1.165, 1.54) is 0 Å². The molecule has 0 radical (unpaired) electrons. The molecule has 78 valence electrons. The summed E-state index contributed by atoms with van der Waals surface area (Å²) in [7, 11) is 0. The first kappa shape index (κ1) is 9.92. The van der Waals surface area contributed by atoms with E-state index in [1.807, 2.05) is 0 Å². The molecule has 2 N–H and O–H groups in total. The molecule has 5 nitrogen and oxygen atoms in total. The number of nitrogens with one attached hydrogen (secondary N) is 2. The van der Waals surface area contributed by atoms with Crippen LogP contribution in [0, 0.1) is 0 Å². The summed E-state index contributed by atoms with van der Waals surface area (Å²) in [5, 5.41) is 11.1. The molecular formula is C9H10ClN5. The third-order valence-electron chi connectivity index (χ3n) is 1.89. The highest BCUT2D eigenvalue weighted by Crippen LogP contribution is 2.05. The maximum Gasteiger partial charge on any atom is 0.151 e. The third kappa shape index (κ3) is 2.92. The summed E-state index contributed by atoms with van der Waals surface area (Å²) in [6, 6.07) is 3.50. The van der Waals surface area contributed by atoms with E-state index in [9.17, 15) is 0 Å². The number of H-pyrrole nitrogens is 1. The number of nitrogens with zero attached hydrogens (tertiary/aromatic N) is 3. The molecule has 0 aliphatic heterocycles. The summed E-state index contributed by atoms with van der Waals surface area (Å²) < 4.78 is 0. The standard InChI is InChI=1S/C9H10ClN5/c10-8-1-2-9(15-14-8)12-4-3-7-5-11-6-13-7/h1-2,5-6H,3-4H2,(H,11,13)(H,12,15). The molecule has 2 rings (SSSR count). The van der Waals surface area contributed by atoms with Crippen molar-refractivity contribution in [1.29, 1.82) is 0 Å². The van der Waals surface area contributed by atoms with Gasteiger partial charge < -0.3 is 10.3 Å². The number of hydrogen-bond acceptors (Lipinski definition) is 4. The molecule has 0 bridgehead atoms. The molecule has 0 saturated carbocycles. The highest BCUT2D eigenvalue weighted by Gasteiger charge is 1.96. The van der Waals surface area contributed by atoms with Crippen molar-refractivity contribution in [2.45, 2.75) is 6.42 Å². The number of imidazole rings is 1. The Kier molecular flexibility index (Phi) is 3.14. The van der Waals surface area contributed by atoms with Gasteiger partial charge in [-0.25, -0.2) is 4.98 Å². The van der Waals surface area contributed by atoms with Crippen LogP contribution in [0.15, 0.2) is 24.7 Å². The smallest absolute Gasteiger partial charge is 0.151 e. The van der Waals surface area contributed by atoms with Gasteiger partial charge in [0.2, 0.25) is 0 Å². The molecule has 0 saturated heterocycles. The van der Waals surface area contributed by atoms with Gasteiger partial charge in [0.1, 0.15) is 5.82 Å². The average Bonchev–Trinajstić information content (AvgIpc) is 2.74. The Morgan fingerprint density at radius 1 is 1.33 bits per heavy atom. The van der Waals surface area contributed by atoms with E-state index in [0.717, 1.165) is 24.5 Å². The van der Waals surface area contributed by atoms with Gasteiger partial charge in [-0.3, -0.25) is 0 Å². The van der Waals surface area contributed by atoms with Crippen LogP contribution in [0.2, 0.25) is 5.15 Å². The largest absolute Gasteiger partial charge is 0.368 e. The Labute approximate surface area is 91.9 Å². The van der Waals surface area contributed by atoms with Crippen molar-refractivity contribution in [1.82, 2.24) is 20.2 Å². The normalized spacial score (nSPS) is 10.2. The van der Waals surface area contributed by atoms with Crippen LogP contribution in [-0.2, 0) is 6.42 Å². The number of hydrogen-bond donors (Lipinski definition) is 2. The summed E-state index contributed by atoms with van der Waals surface area (Å²) in [6.07, 6.45) is 4.33. The van der Waals surface area contributed by atoms with Crippen LogP contribution in [0.5, 0.6) is 0 Å². The van der Waals surface area contributed by atoms with E-state index in [4.69, 9.17) is 11.6 Å². The Morgan fingerprint density at radius 3 is 2.93 bits per heavy atom. The quantitative estimate of drug-likeness (QED) is 0.825. The molecule has 15 heavy (non-hydrogen) atoms. The second-order valence-corrected chi connectivity index (χ2v) is 3.38. The predicted octanol–water partition coefficient (Wildman–Crippen LogP) is 1.51. The minimum absolute atomic E-state index is 0.397. The van der Waals surface area contributed by atoms with Gasteiger partial charge in [-0.05, 0) is 12.1 Å². The Hall–Kier alpha value is -1.62. The molecule has 2 aromatic heterocycles. The van der Waals surface area contributed by atoms with E-state index in [1.54, 1.807) is 24.7 Å². The van der Waals surface area contributed by atoms with Gasteiger partial charge >= 0.3 is 0 Å². The first-order valence-corrected chi connectivity index (χ1v) is 4.93. The number of anilines is 1. The van der Waals surface area contributed by atoms with Gasteiger partial charge in [0, 0.05) is 24.9 Å². The second-order valence-electron chi connectivity index (χ2n) is 2.99. The predicted molar refractivity (Wildman–Crippen MR) is 57.8 cm³/mol. The Bertz CT molecular complexity index is 397. The number of rotatable bonds is 4. The molecule has 0 fully saturated rings. The molecule has 0 atom stereocenters. The first-order valence-electron chi connectivity index (χ1n) is 4.55. The van der Waals surface area contributed by atoms with E-state index in [0.29, 0.717) is 5.15 Å². The molecule has 0 aliphatic carbocycles. The molecule has 0 aliphatic rings. The summed E-state index contributed by atoms with van der Waals surface area (Å²) >= 11 is 5.61. The van der Waals surface area contributed by atoms with Crippen LogP contribution in [0.3, 0.4) is 0 Å². The van der Waals surface area contributed by atoms with Crippen molar-refractivity contribution >= 4 is 17.4 Å². The maximum absolute atomic E-state index is 5.61. The molecular weight excluding hydrogens is 214 g/mol. The topological polar surface area (TPSA) is 66.5 Å². The summed E-state index contributed by atoms with van der Waals surface area (Å²) in [6.45, 7) is 0.776. The van der Waals surface area contributed by atoms with E-state index < -0.39 is 0 Å². The van der Waals surface area contributed by atoms with Crippen molar-refractivity contribution in [2.75, 3.05) is 11.9 Å². The lowest BCUT2D eigenvalue weighted by Crippen LogP contribution is -2.06. The van der Waals surface area contributed by atoms with Gasteiger partial charge in [0.25, 0.3) is 0 Å². The Morgan fingerprint density at radius 2 is 2.27 bits per heavy atom. The van der Waals surface area contributed by atoms with Crippen molar-refractivity contribution in [3.05, 3.63) is 35.5 Å². The maximum atomic E-state index is 5.61. The van der Waals surface area contributed by atoms with Crippen LogP contribution in [-0.4, -0.2) is 26.7 Å². The minimum Gasteiger partial charge on any atom is -0.368 e. The fourth-order valence-electron chi connectivity index (χ4n) is 1.16. The van der Waals surface area contributed by atoms with Gasteiger partial charge in [0.15, 0.2) is 5.15 Å². The fraction of sp³-hybridized carbons (Fsp3) is 0.222. The van der Waals surface area contributed by atoms with Crippen molar-refractivity contribution in [3.8, 4) is 0 Å². The van der Waals surface area contributed by atoms with Crippen LogP contribution in [0.4, 0.5) is 5.82 Å². The van der Waals surface area contributed by atoms with Crippen molar-refractivity contribution < 1.29 is 0 Å². The summed E-state index contributed by atoms with van der Waals surface area (Å²) in [4.78, 5) is 6.95. The minimum atomic E-state index is 0.397.